The van der Waals surface area contributed by atoms with E-state index >= 15 is 0 Å². The maximum absolute atomic E-state index is 12.0. The fourth-order valence-corrected chi connectivity index (χ4v) is 2.13. The lowest BCUT2D eigenvalue weighted by atomic mass is 10.2. The summed E-state index contributed by atoms with van der Waals surface area (Å²) in [7, 11) is 0. The average Bonchev–Trinajstić information content (AvgIpc) is 3.06. The van der Waals surface area contributed by atoms with E-state index in [0.717, 1.165) is 16.9 Å². The standard InChI is InChI=1S/C14H13N3O2/c1-2-19-14(18)10-9-13(11-6-7-15-16-11)17-8-4-3-5-12(10)17/h3-9H,2H2,1H3,(H,15,16). The van der Waals surface area contributed by atoms with Gasteiger partial charge in [-0.15, -0.1) is 0 Å². The topological polar surface area (TPSA) is 59.4 Å². The number of fused-ring (bicyclic) bond motifs is 1. The van der Waals surface area contributed by atoms with Crippen LogP contribution in [0.2, 0.25) is 0 Å². The Labute approximate surface area is 109 Å². The summed E-state index contributed by atoms with van der Waals surface area (Å²) in [5.74, 6) is -0.308. The molecule has 0 fully saturated rings. The van der Waals surface area contributed by atoms with Gasteiger partial charge in [-0.05, 0) is 31.2 Å². The maximum atomic E-state index is 12.0. The van der Waals surface area contributed by atoms with Crippen LogP contribution in [0, 0.1) is 0 Å². The molecule has 5 nitrogen and oxygen atoms in total. The van der Waals surface area contributed by atoms with E-state index in [1.54, 1.807) is 13.1 Å². The zero-order chi connectivity index (χ0) is 13.2. The number of rotatable bonds is 3. The number of ether oxygens (including phenoxy) is 1. The predicted molar refractivity (Wildman–Crippen MR) is 70.9 cm³/mol. The van der Waals surface area contributed by atoms with E-state index in [-0.39, 0.29) is 5.97 Å². The molecule has 5 heteroatoms. The van der Waals surface area contributed by atoms with Crippen LogP contribution in [-0.2, 0) is 4.74 Å². The third-order valence-corrected chi connectivity index (χ3v) is 2.95. The van der Waals surface area contributed by atoms with Gasteiger partial charge in [0.15, 0.2) is 0 Å². The summed E-state index contributed by atoms with van der Waals surface area (Å²) in [6.45, 7) is 2.16. The first-order chi connectivity index (χ1) is 9.31. The van der Waals surface area contributed by atoms with Crippen LogP contribution >= 0.6 is 0 Å². The lowest BCUT2D eigenvalue weighted by molar-refractivity contribution is 0.0529. The Balaban J connectivity index is 2.22. The number of aromatic nitrogens is 3. The van der Waals surface area contributed by atoms with Crippen molar-refractivity contribution in [1.29, 1.82) is 0 Å². The van der Waals surface area contributed by atoms with E-state index in [1.807, 2.05) is 40.9 Å². The van der Waals surface area contributed by atoms with Crippen molar-refractivity contribution in [3.63, 3.8) is 0 Å². The van der Waals surface area contributed by atoms with Crippen molar-refractivity contribution >= 4 is 11.5 Å². The number of nitrogens with one attached hydrogen (secondary N) is 1. The number of H-pyrrole nitrogens is 1. The average molecular weight is 255 g/mol. The Hall–Kier alpha value is -2.56. The summed E-state index contributed by atoms with van der Waals surface area (Å²) >= 11 is 0. The molecule has 3 heterocycles. The molecule has 0 saturated carbocycles. The van der Waals surface area contributed by atoms with Crippen molar-refractivity contribution in [2.45, 2.75) is 6.92 Å². The molecule has 96 valence electrons. The highest BCUT2D eigenvalue weighted by molar-refractivity contribution is 5.99. The minimum Gasteiger partial charge on any atom is -0.462 e. The molecule has 0 aromatic carbocycles. The number of pyridine rings is 1. The van der Waals surface area contributed by atoms with Crippen molar-refractivity contribution < 1.29 is 9.53 Å². The molecule has 0 aliphatic rings. The number of nitrogens with zero attached hydrogens (tertiary/aromatic N) is 2. The van der Waals surface area contributed by atoms with Gasteiger partial charge < -0.3 is 9.14 Å². The van der Waals surface area contributed by atoms with Gasteiger partial charge in [0.1, 0.15) is 0 Å². The molecule has 0 atom stereocenters. The number of carbonyl (C=O) groups excluding carboxylic acids is 1. The van der Waals surface area contributed by atoms with Crippen LogP contribution < -0.4 is 0 Å². The molecule has 0 spiro atoms. The van der Waals surface area contributed by atoms with Crippen molar-refractivity contribution in [2.24, 2.45) is 0 Å². The van der Waals surface area contributed by atoms with Crippen molar-refractivity contribution in [3.8, 4) is 11.4 Å². The van der Waals surface area contributed by atoms with Crippen LogP contribution in [0.1, 0.15) is 17.3 Å². The number of hydrogen-bond acceptors (Lipinski definition) is 3. The highest BCUT2D eigenvalue weighted by atomic mass is 16.5. The molecule has 3 aromatic heterocycles. The fourth-order valence-electron chi connectivity index (χ4n) is 2.13. The van der Waals surface area contributed by atoms with Gasteiger partial charge >= 0.3 is 5.97 Å². The minimum atomic E-state index is -0.308. The van der Waals surface area contributed by atoms with Gasteiger partial charge in [-0.1, -0.05) is 6.07 Å². The molecular formula is C14H13N3O2. The van der Waals surface area contributed by atoms with E-state index in [2.05, 4.69) is 10.2 Å². The van der Waals surface area contributed by atoms with Crippen molar-refractivity contribution in [2.75, 3.05) is 6.61 Å². The van der Waals surface area contributed by atoms with Gasteiger partial charge in [-0.3, -0.25) is 5.10 Å². The third kappa shape index (κ3) is 1.89. The van der Waals surface area contributed by atoms with E-state index in [9.17, 15) is 4.79 Å². The molecule has 0 bridgehead atoms. The number of hydrogen-bond donors (Lipinski definition) is 1. The minimum absolute atomic E-state index is 0.308. The second-order valence-electron chi connectivity index (χ2n) is 4.09. The number of esters is 1. The highest BCUT2D eigenvalue weighted by Crippen LogP contribution is 2.25. The van der Waals surface area contributed by atoms with E-state index in [1.165, 1.54) is 0 Å². The highest BCUT2D eigenvalue weighted by Gasteiger charge is 2.17. The summed E-state index contributed by atoms with van der Waals surface area (Å²) in [5, 5.41) is 6.85. The van der Waals surface area contributed by atoms with E-state index < -0.39 is 0 Å². The van der Waals surface area contributed by atoms with E-state index in [0.29, 0.717) is 12.2 Å². The lowest BCUT2D eigenvalue weighted by Crippen LogP contribution is -2.03. The lowest BCUT2D eigenvalue weighted by Gasteiger charge is -2.00. The fraction of sp³-hybridized carbons (Fsp3) is 0.143. The largest absolute Gasteiger partial charge is 0.462 e. The summed E-state index contributed by atoms with van der Waals surface area (Å²) < 4.78 is 7.03. The molecule has 0 amide bonds. The van der Waals surface area contributed by atoms with Crippen LogP contribution in [-0.4, -0.2) is 27.2 Å². The van der Waals surface area contributed by atoms with Gasteiger partial charge in [-0.2, -0.15) is 5.10 Å². The van der Waals surface area contributed by atoms with Crippen LogP contribution in [0.3, 0.4) is 0 Å². The van der Waals surface area contributed by atoms with Crippen LogP contribution in [0.25, 0.3) is 16.9 Å². The Bertz CT molecular complexity index is 713. The maximum Gasteiger partial charge on any atom is 0.340 e. The molecule has 3 aromatic rings. The summed E-state index contributed by atoms with van der Waals surface area (Å²) in [6, 6.07) is 9.40. The van der Waals surface area contributed by atoms with Crippen LogP contribution in [0.5, 0.6) is 0 Å². The predicted octanol–water partition coefficient (Wildman–Crippen LogP) is 2.51. The Morgan fingerprint density at radius 1 is 1.42 bits per heavy atom. The SMILES string of the molecule is CCOC(=O)c1cc(-c2ccn[nH]2)n2ccccc12. The molecule has 19 heavy (non-hydrogen) atoms. The van der Waals surface area contributed by atoms with Crippen LogP contribution in [0.15, 0.2) is 42.7 Å². The van der Waals surface area contributed by atoms with Crippen molar-refractivity contribution in [1.82, 2.24) is 14.6 Å². The molecule has 0 saturated heterocycles. The summed E-state index contributed by atoms with van der Waals surface area (Å²) in [4.78, 5) is 12.0. The summed E-state index contributed by atoms with van der Waals surface area (Å²) in [5.41, 5.74) is 3.13. The zero-order valence-corrected chi connectivity index (χ0v) is 10.5. The molecule has 0 aliphatic heterocycles. The molecule has 3 rings (SSSR count). The number of aromatic amines is 1. The van der Waals surface area contributed by atoms with Gasteiger partial charge in [0.2, 0.25) is 0 Å². The number of carbonyl (C=O) groups is 1. The first-order valence-electron chi connectivity index (χ1n) is 6.08. The monoisotopic (exact) mass is 255 g/mol. The Kier molecular flexibility index (Phi) is 2.79. The normalized spacial score (nSPS) is 10.8. The second-order valence-corrected chi connectivity index (χ2v) is 4.09. The molecular weight excluding hydrogens is 242 g/mol. The van der Waals surface area contributed by atoms with Gasteiger partial charge in [0.25, 0.3) is 0 Å². The molecule has 0 aliphatic carbocycles. The smallest absolute Gasteiger partial charge is 0.340 e. The molecule has 1 N–H and O–H groups in total. The van der Waals surface area contributed by atoms with Gasteiger partial charge in [0.05, 0.1) is 29.1 Å². The zero-order valence-electron chi connectivity index (χ0n) is 10.5. The van der Waals surface area contributed by atoms with Gasteiger partial charge in [-0.25, -0.2) is 4.79 Å². The van der Waals surface area contributed by atoms with Gasteiger partial charge in [0, 0.05) is 12.4 Å². The molecule has 0 unspecified atom stereocenters. The van der Waals surface area contributed by atoms with Crippen LogP contribution in [0.4, 0.5) is 0 Å². The molecule has 0 radical (unpaired) electrons. The Morgan fingerprint density at radius 3 is 3.05 bits per heavy atom. The van der Waals surface area contributed by atoms with Crippen molar-refractivity contribution in [3.05, 3.63) is 48.3 Å². The Morgan fingerprint density at radius 2 is 2.32 bits per heavy atom. The summed E-state index contributed by atoms with van der Waals surface area (Å²) in [6.07, 6.45) is 3.59. The second kappa shape index (κ2) is 4.61. The quantitative estimate of drug-likeness (QED) is 0.731. The first kappa shape index (κ1) is 11.5. The van der Waals surface area contributed by atoms with E-state index in [4.69, 9.17) is 4.74 Å². The third-order valence-electron chi connectivity index (χ3n) is 2.95. The first-order valence-corrected chi connectivity index (χ1v) is 6.08.